The Morgan fingerprint density at radius 3 is 2.92 bits per heavy atom. The van der Waals surface area contributed by atoms with Crippen LogP contribution in [0.1, 0.15) is 39.5 Å². The third-order valence-corrected chi connectivity index (χ3v) is 7.12. The van der Waals surface area contributed by atoms with E-state index in [2.05, 4.69) is 26.6 Å². The van der Waals surface area contributed by atoms with E-state index in [0.717, 1.165) is 34.5 Å². The molecule has 0 bridgehead atoms. The van der Waals surface area contributed by atoms with Crippen molar-refractivity contribution < 1.29 is 18.7 Å². The number of nitrogens with zero attached hydrogens (tertiary/aromatic N) is 4. The van der Waals surface area contributed by atoms with Gasteiger partial charge in [-0.2, -0.15) is 0 Å². The number of nitrogens with one attached hydrogen (secondary N) is 2. The number of rotatable bonds is 7. The molecule has 2 N–H and O–H groups in total. The Balaban J connectivity index is 1.35. The minimum Gasteiger partial charge on any atom is -0.356 e. The van der Waals surface area contributed by atoms with Gasteiger partial charge in [0.2, 0.25) is 0 Å². The van der Waals surface area contributed by atoms with E-state index in [0.29, 0.717) is 42.4 Å². The minimum absolute atomic E-state index is 0.150. The van der Waals surface area contributed by atoms with Gasteiger partial charge >= 0.3 is 0 Å². The molecule has 0 saturated carbocycles. The molecule has 6 rings (SSSR count). The van der Waals surface area contributed by atoms with Crippen molar-refractivity contribution in [3.63, 3.8) is 0 Å². The van der Waals surface area contributed by atoms with Crippen LogP contribution in [0.15, 0.2) is 48.8 Å². The number of pyridine rings is 2. The summed E-state index contributed by atoms with van der Waals surface area (Å²) < 4.78 is 26.6. The number of imidazole rings is 1. The Morgan fingerprint density at radius 2 is 2.13 bits per heavy atom. The van der Waals surface area contributed by atoms with Crippen molar-refractivity contribution in [3.05, 3.63) is 77.0 Å². The van der Waals surface area contributed by atoms with Crippen LogP contribution in [0.2, 0.25) is 0 Å². The summed E-state index contributed by atoms with van der Waals surface area (Å²) in [4.78, 5) is 24.3. The Hall–Kier alpha value is -3.86. The number of carbonyl (C=O) groups excluding carboxylic acids is 1. The van der Waals surface area contributed by atoms with Crippen molar-refractivity contribution in [1.82, 2.24) is 24.6 Å². The molecule has 196 valence electrons. The molecule has 0 radical (unpaired) electrons. The summed E-state index contributed by atoms with van der Waals surface area (Å²) in [5, 5.41) is 6.33. The fraction of sp³-hybridized carbons (Fsp3) is 0.321. The maximum absolute atomic E-state index is 13.7. The Labute approximate surface area is 219 Å². The van der Waals surface area contributed by atoms with E-state index in [1.807, 2.05) is 36.7 Å². The smallest absolute Gasteiger partial charge is 0.254 e. The highest BCUT2D eigenvalue weighted by molar-refractivity contribution is 6.06. The van der Waals surface area contributed by atoms with Gasteiger partial charge in [0, 0.05) is 50.4 Å². The maximum atomic E-state index is 13.7. The highest BCUT2D eigenvalue weighted by Crippen LogP contribution is 2.36. The predicted octanol–water partition coefficient (Wildman–Crippen LogP) is 4.06. The van der Waals surface area contributed by atoms with Crippen molar-refractivity contribution in [2.45, 2.75) is 31.7 Å². The van der Waals surface area contributed by atoms with E-state index >= 15 is 0 Å². The molecule has 1 amide bonds. The molecule has 1 saturated heterocycles. The number of anilines is 2. The molecule has 0 spiro atoms. The zero-order chi connectivity index (χ0) is 26.4. The molecular formula is C28H29FN6O3. The molecule has 0 unspecified atom stereocenters. The molecule has 10 heteroatoms. The average Bonchev–Trinajstić information content (AvgIpc) is 3.63. The molecule has 1 aromatic carbocycles. The van der Waals surface area contributed by atoms with Crippen molar-refractivity contribution in [1.29, 1.82) is 0 Å². The molecule has 5 heterocycles. The quantitative estimate of drug-likeness (QED) is 0.383. The van der Waals surface area contributed by atoms with Gasteiger partial charge in [-0.3, -0.25) is 9.20 Å². The maximum Gasteiger partial charge on any atom is 0.254 e. The van der Waals surface area contributed by atoms with E-state index in [4.69, 9.17) is 14.5 Å². The van der Waals surface area contributed by atoms with Crippen molar-refractivity contribution in [2.75, 3.05) is 33.1 Å². The number of benzene rings is 1. The molecule has 4 aromatic rings. The first-order valence-electron chi connectivity index (χ1n) is 12.5. The summed E-state index contributed by atoms with van der Waals surface area (Å²) in [6.45, 7) is 1.66. The van der Waals surface area contributed by atoms with Crippen LogP contribution < -0.4 is 10.6 Å². The van der Waals surface area contributed by atoms with E-state index < -0.39 is 0 Å². The van der Waals surface area contributed by atoms with Gasteiger partial charge in [0.15, 0.2) is 6.29 Å². The number of aromatic nitrogens is 3. The highest BCUT2D eigenvalue weighted by atomic mass is 19.1. The van der Waals surface area contributed by atoms with E-state index in [1.54, 1.807) is 19.5 Å². The number of halogens is 1. The Bertz CT molecular complexity index is 1530. The Kier molecular flexibility index (Phi) is 6.30. The molecule has 1 fully saturated rings. The number of carbonyl (C=O) groups is 1. The highest BCUT2D eigenvalue weighted by Gasteiger charge is 2.30. The van der Waals surface area contributed by atoms with Gasteiger partial charge < -0.3 is 25.0 Å². The molecule has 2 atom stereocenters. The number of hydrogen-bond acceptors (Lipinski definition) is 7. The topological polar surface area (TPSA) is 93.0 Å². The number of ether oxygens (including phenoxy) is 2. The average molecular weight is 517 g/mol. The number of hydrogen-bond donors (Lipinski definition) is 2. The largest absolute Gasteiger partial charge is 0.356 e. The van der Waals surface area contributed by atoms with Crippen LogP contribution in [0.4, 0.5) is 15.9 Å². The lowest BCUT2D eigenvalue weighted by Crippen LogP contribution is -2.17. The van der Waals surface area contributed by atoms with Crippen LogP contribution >= 0.6 is 0 Å². The molecule has 2 aliphatic heterocycles. The zero-order valence-electron chi connectivity index (χ0n) is 21.5. The summed E-state index contributed by atoms with van der Waals surface area (Å²) >= 11 is 0. The molecule has 9 nitrogen and oxygen atoms in total. The van der Waals surface area contributed by atoms with Crippen LogP contribution in [0.25, 0.3) is 16.9 Å². The second-order valence-corrected chi connectivity index (χ2v) is 9.94. The number of amides is 1. The SMILES string of the molecule is CO[C@H]1C[C@H](c2ccc(Nc3ccc(-c4cnc5cc(F)ccn45)c4c3C(=O)NC4)nc2CN(C)C)CO1. The van der Waals surface area contributed by atoms with Crippen molar-refractivity contribution in [3.8, 4) is 11.3 Å². The molecular weight excluding hydrogens is 487 g/mol. The van der Waals surface area contributed by atoms with Gasteiger partial charge in [-0.05, 0) is 43.4 Å². The first-order chi connectivity index (χ1) is 18.4. The monoisotopic (exact) mass is 516 g/mol. The zero-order valence-corrected chi connectivity index (χ0v) is 21.5. The molecule has 38 heavy (non-hydrogen) atoms. The minimum atomic E-state index is -0.345. The lowest BCUT2D eigenvalue weighted by Gasteiger charge is -2.19. The second-order valence-electron chi connectivity index (χ2n) is 9.94. The second kappa shape index (κ2) is 9.79. The van der Waals surface area contributed by atoms with Gasteiger partial charge in [-0.1, -0.05) is 12.1 Å². The fourth-order valence-corrected chi connectivity index (χ4v) is 5.34. The molecule has 0 aliphatic carbocycles. The van der Waals surface area contributed by atoms with Gasteiger partial charge in [-0.15, -0.1) is 0 Å². The van der Waals surface area contributed by atoms with Gasteiger partial charge in [-0.25, -0.2) is 14.4 Å². The number of methoxy groups -OCH3 is 1. The normalized spacial score (nSPS) is 18.8. The van der Waals surface area contributed by atoms with E-state index in [-0.39, 0.29) is 23.9 Å². The van der Waals surface area contributed by atoms with Gasteiger partial charge in [0.25, 0.3) is 5.91 Å². The Morgan fingerprint density at radius 1 is 1.26 bits per heavy atom. The lowest BCUT2D eigenvalue weighted by molar-refractivity contribution is -0.0880. The van der Waals surface area contributed by atoms with Crippen LogP contribution in [0.3, 0.4) is 0 Å². The summed E-state index contributed by atoms with van der Waals surface area (Å²) in [7, 11) is 5.69. The van der Waals surface area contributed by atoms with Crippen LogP contribution in [-0.2, 0) is 22.6 Å². The summed E-state index contributed by atoms with van der Waals surface area (Å²) in [6, 6.07) is 10.7. The summed E-state index contributed by atoms with van der Waals surface area (Å²) in [5.74, 6) is 0.378. The van der Waals surface area contributed by atoms with E-state index in [9.17, 15) is 9.18 Å². The van der Waals surface area contributed by atoms with Crippen LogP contribution in [-0.4, -0.2) is 59.3 Å². The summed E-state index contributed by atoms with van der Waals surface area (Å²) in [5.41, 5.74) is 6.40. The van der Waals surface area contributed by atoms with E-state index in [1.165, 1.54) is 12.1 Å². The standard InChI is InChI=1S/C28H29FN6O3/c1-34(2)14-22-18(16-10-26(37-3)38-15-16)5-7-24(33-22)32-21-6-4-19(20-12-31-28(36)27(20)21)23-13-30-25-11-17(29)8-9-35(23)25/h4-9,11,13,16,26H,10,12,14-15H2,1-3H3,(H,31,36)(H,32,33)/t16-,26+/m0/s1. The lowest BCUT2D eigenvalue weighted by atomic mass is 9.96. The predicted molar refractivity (Wildman–Crippen MR) is 141 cm³/mol. The first kappa shape index (κ1) is 24.5. The third-order valence-electron chi connectivity index (χ3n) is 7.12. The summed E-state index contributed by atoms with van der Waals surface area (Å²) in [6.07, 6.45) is 3.94. The van der Waals surface area contributed by atoms with Crippen molar-refractivity contribution >= 4 is 23.1 Å². The first-order valence-corrected chi connectivity index (χ1v) is 12.5. The van der Waals surface area contributed by atoms with Gasteiger partial charge in [0.05, 0.1) is 35.4 Å². The number of fused-ring (bicyclic) bond motifs is 2. The third kappa shape index (κ3) is 4.40. The van der Waals surface area contributed by atoms with Crippen LogP contribution in [0, 0.1) is 5.82 Å². The fourth-order valence-electron chi connectivity index (χ4n) is 5.34. The van der Waals surface area contributed by atoms with Crippen LogP contribution in [0.5, 0.6) is 0 Å². The molecule has 3 aromatic heterocycles. The van der Waals surface area contributed by atoms with Crippen molar-refractivity contribution in [2.24, 2.45) is 0 Å². The molecule has 2 aliphatic rings. The van der Waals surface area contributed by atoms with Gasteiger partial charge in [0.1, 0.15) is 17.3 Å².